The molecule has 27 heavy (non-hydrogen) atoms. The SMILES string of the molecule is CCNC(=NCC(=O)NCc1ccco1)NCC(CO)c1ccccc1.I. The van der Waals surface area contributed by atoms with Crippen molar-refractivity contribution >= 4 is 35.8 Å². The van der Waals surface area contributed by atoms with Crippen LogP contribution in [-0.2, 0) is 11.3 Å². The number of amides is 1. The Bertz CT molecular complexity index is 678. The van der Waals surface area contributed by atoms with Gasteiger partial charge in [0.2, 0.25) is 5.91 Å². The molecular formula is C19H27IN4O3. The van der Waals surface area contributed by atoms with Crippen LogP contribution in [0.2, 0.25) is 0 Å². The maximum absolute atomic E-state index is 11.9. The monoisotopic (exact) mass is 486 g/mol. The quantitative estimate of drug-likeness (QED) is 0.247. The zero-order valence-electron chi connectivity index (χ0n) is 15.4. The van der Waals surface area contributed by atoms with Crippen LogP contribution in [-0.4, -0.2) is 43.2 Å². The fourth-order valence-corrected chi connectivity index (χ4v) is 2.38. The van der Waals surface area contributed by atoms with Gasteiger partial charge in [-0.1, -0.05) is 30.3 Å². The van der Waals surface area contributed by atoms with E-state index in [2.05, 4.69) is 20.9 Å². The van der Waals surface area contributed by atoms with E-state index in [9.17, 15) is 9.90 Å². The molecule has 1 amide bonds. The summed E-state index contributed by atoms with van der Waals surface area (Å²) in [6.45, 7) is 3.52. The number of aliphatic hydroxyl groups is 1. The highest BCUT2D eigenvalue weighted by atomic mass is 127. The number of nitrogens with one attached hydrogen (secondary N) is 3. The van der Waals surface area contributed by atoms with Crippen LogP contribution in [0.3, 0.4) is 0 Å². The molecule has 4 N–H and O–H groups in total. The second-order valence-electron chi connectivity index (χ2n) is 5.72. The summed E-state index contributed by atoms with van der Waals surface area (Å²) in [5.74, 6) is 0.990. The number of hydrogen-bond donors (Lipinski definition) is 4. The summed E-state index contributed by atoms with van der Waals surface area (Å²) in [7, 11) is 0. The molecule has 0 radical (unpaired) electrons. The third-order valence-corrected chi connectivity index (χ3v) is 3.77. The van der Waals surface area contributed by atoms with Crippen LogP contribution in [0.15, 0.2) is 58.1 Å². The van der Waals surface area contributed by atoms with Crippen LogP contribution in [0, 0.1) is 0 Å². The number of carbonyl (C=O) groups is 1. The number of carbonyl (C=O) groups excluding carboxylic acids is 1. The van der Waals surface area contributed by atoms with Gasteiger partial charge in [-0.15, -0.1) is 24.0 Å². The summed E-state index contributed by atoms with van der Waals surface area (Å²) in [5.41, 5.74) is 1.05. The summed E-state index contributed by atoms with van der Waals surface area (Å²) in [6, 6.07) is 13.4. The zero-order valence-corrected chi connectivity index (χ0v) is 17.7. The average Bonchev–Trinajstić information content (AvgIpc) is 3.19. The Balaban J connectivity index is 0.00000364. The molecule has 1 heterocycles. The van der Waals surface area contributed by atoms with Gasteiger partial charge in [-0.25, -0.2) is 4.99 Å². The van der Waals surface area contributed by atoms with Crippen molar-refractivity contribution in [2.75, 3.05) is 26.2 Å². The first-order valence-corrected chi connectivity index (χ1v) is 8.70. The van der Waals surface area contributed by atoms with Crippen molar-refractivity contribution in [3.8, 4) is 0 Å². The Labute approximate surface area is 176 Å². The number of hydrogen-bond acceptors (Lipinski definition) is 4. The summed E-state index contributed by atoms with van der Waals surface area (Å²) >= 11 is 0. The van der Waals surface area contributed by atoms with Crippen LogP contribution in [0.4, 0.5) is 0 Å². The van der Waals surface area contributed by atoms with Gasteiger partial charge in [-0.3, -0.25) is 4.79 Å². The maximum atomic E-state index is 11.9. The lowest BCUT2D eigenvalue weighted by Crippen LogP contribution is -2.40. The molecule has 0 fully saturated rings. The van der Waals surface area contributed by atoms with E-state index in [-0.39, 0.29) is 49.0 Å². The molecule has 2 aromatic rings. The van der Waals surface area contributed by atoms with Gasteiger partial charge < -0.3 is 25.5 Å². The Kier molecular flexibility index (Phi) is 11.2. The maximum Gasteiger partial charge on any atom is 0.242 e. The van der Waals surface area contributed by atoms with Crippen molar-refractivity contribution in [2.45, 2.75) is 19.4 Å². The third kappa shape index (κ3) is 8.44. The molecule has 0 aliphatic heterocycles. The number of benzene rings is 1. The average molecular weight is 486 g/mol. The molecular weight excluding hydrogens is 459 g/mol. The van der Waals surface area contributed by atoms with Gasteiger partial charge in [0.05, 0.1) is 19.4 Å². The van der Waals surface area contributed by atoms with Crippen LogP contribution in [0.5, 0.6) is 0 Å². The second-order valence-corrected chi connectivity index (χ2v) is 5.72. The standard InChI is InChI=1S/C19H26N4O3.HI/c1-2-20-19(22-11-16(14-24)15-7-4-3-5-8-15)23-13-18(25)21-12-17-9-6-10-26-17;/h3-10,16,24H,2,11-14H2,1H3,(H,21,25)(H2,20,22,23);1H. The van der Waals surface area contributed by atoms with E-state index in [1.165, 1.54) is 0 Å². The van der Waals surface area contributed by atoms with Crippen molar-refractivity contribution in [1.29, 1.82) is 0 Å². The number of aliphatic imine (C=N–C) groups is 1. The lowest BCUT2D eigenvalue weighted by Gasteiger charge is -2.18. The highest BCUT2D eigenvalue weighted by Gasteiger charge is 2.11. The van der Waals surface area contributed by atoms with Crippen LogP contribution in [0.25, 0.3) is 0 Å². The normalized spacial score (nSPS) is 12.0. The Morgan fingerprint density at radius 1 is 1.15 bits per heavy atom. The second kappa shape index (κ2) is 13.2. The topological polar surface area (TPSA) is 98.9 Å². The molecule has 7 nitrogen and oxygen atoms in total. The van der Waals surface area contributed by atoms with E-state index in [0.29, 0.717) is 31.4 Å². The van der Waals surface area contributed by atoms with Crippen molar-refractivity contribution in [3.05, 3.63) is 60.1 Å². The molecule has 1 atom stereocenters. The lowest BCUT2D eigenvalue weighted by atomic mass is 10.0. The van der Waals surface area contributed by atoms with Gasteiger partial charge in [0.1, 0.15) is 12.3 Å². The molecule has 0 saturated heterocycles. The Morgan fingerprint density at radius 3 is 2.56 bits per heavy atom. The minimum absolute atomic E-state index is 0. The fraction of sp³-hybridized carbons (Fsp3) is 0.368. The molecule has 1 aromatic carbocycles. The van der Waals surface area contributed by atoms with Crippen molar-refractivity contribution in [3.63, 3.8) is 0 Å². The van der Waals surface area contributed by atoms with Crippen molar-refractivity contribution in [1.82, 2.24) is 16.0 Å². The Hall–Kier alpha value is -2.07. The highest BCUT2D eigenvalue weighted by molar-refractivity contribution is 14.0. The van der Waals surface area contributed by atoms with E-state index < -0.39 is 0 Å². The number of furan rings is 1. The summed E-state index contributed by atoms with van der Waals surface area (Å²) < 4.78 is 5.17. The number of guanidine groups is 1. The molecule has 8 heteroatoms. The third-order valence-electron chi connectivity index (χ3n) is 3.77. The summed E-state index contributed by atoms with van der Waals surface area (Å²) in [6.07, 6.45) is 1.57. The Morgan fingerprint density at radius 2 is 1.93 bits per heavy atom. The van der Waals surface area contributed by atoms with E-state index in [4.69, 9.17) is 4.42 Å². The number of nitrogens with zero attached hydrogens (tertiary/aromatic N) is 1. The lowest BCUT2D eigenvalue weighted by molar-refractivity contribution is -0.119. The van der Waals surface area contributed by atoms with Gasteiger partial charge >= 0.3 is 0 Å². The van der Waals surface area contributed by atoms with Gasteiger partial charge in [-0.05, 0) is 24.6 Å². The van der Waals surface area contributed by atoms with Crippen LogP contribution < -0.4 is 16.0 Å². The van der Waals surface area contributed by atoms with Gasteiger partial charge in [0, 0.05) is 19.0 Å². The zero-order chi connectivity index (χ0) is 18.6. The van der Waals surface area contributed by atoms with E-state index in [1.807, 2.05) is 37.3 Å². The molecule has 0 aliphatic carbocycles. The number of rotatable bonds is 9. The molecule has 0 spiro atoms. The van der Waals surface area contributed by atoms with E-state index in [0.717, 1.165) is 5.56 Å². The molecule has 0 saturated carbocycles. The van der Waals surface area contributed by atoms with Crippen molar-refractivity contribution < 1.29 is 14.3 Å². The summed E-state index contributed by atoms with van der Waals surface area (Å²) in [5, 5.41) is 18.6. The molecule has 2 rings (SSSR count). The van der Waals surface area contributed by atoms with E-state index >= 15 is 0 Å². The van der Waals surface area contributed by atoms with Crippen LogP contribution in [0.1, 0.15) is 24.2 Å². The first-order chi connectivity index (χ1) is 12.7. The number of aliphatic hydroxyl groups excluding tert-OH is 1. The first-order valence-electron chi connectivity index (χ1n) is 8.70. The van der Waals surface area contributed by atoms with Crippen molar-refractivity contribution in [2.24, 2.45) is 4.99 Å². The molecule has 1 aromatic heterocycles. The predicted molar refractivity (Wildman–Crippen MR) is 116 cm³/mol. The largest absolute Gasteiger partial charge is 0.467 e. The highest BCUT2D eigenvalue weighted by Crippen LogP contribution is 2.13. The van der Waals surface area contributed by atoms with Gasteiger partial charge in [-0.2, -0.15) is 0 Å². The van der Waals surface area contributed by atoms with E-state index in [1.54, 1.807) is 18.4 Å². The molecule has 0 aliphatic rings. The van der Waals surface area contributed by atoms with Gasteiger partial charge in [0.15, 0.2) is 5.96 Å². The predicted octanol–water partition coefficient (Wildman–Crippen LogP) is 1.85. The molecule has 148 valence electrons. The van der Waals surface area contributed by atoms with Crippen LogP contribution >= 0.6 is 24.0 Å². The smallest absolute Gasteiger partial charge is 0.242 e. The molecule has 0 bridgehead atoms. The number of halogens is 1. The summed E-state index contributed by atoms with van der Waals surface area (Å²) in [4.78, 5) is 16.2. The minimum Gasteiger partial charge on any atom is -0.467 e. The van der Waals surface area contributed by atoms with Gasteiger partial charge in [0.25, 0.3) is 0 Å². The fourth-order valence-electron chi connectivity index (χ4n) is 2.38. The first kappa shape index (κ1) is 23.0. The molecule has 1 unspecified atom stereocenters. The minimum atomic E-state index is -0.194.